The number of nitrogen functional groups attached to an aromatic ring is 1. The van der Waals surface area contributed by atoms with Crippen LogP contribution in [0, 0.1) is 0 Å². The molecule has 3 N–H and O–H groups in total. The first kappa shape index (κ1) is 16.9. The molecule has 0 amide bonds. The lowest BCUT2D eigenvalue weighted by Crippen LogP contribution is -2.34. The largest absolute Gasteiger partial charge is 0.493 e. The number of aromatic nitrogens is 3. The molecule has 0 fully saturated rings. The Morgan fingerprint density at radius 3 is 2.44 bits per heavy atom. The Morgan fingerprint density at radius 2 is 1.88 bits per heavy atom. The molecule has 2 aromatic heterocycles. The summed E-state index contributed by atoms with van der Waals surface area (Å²) in [7, 11) is 3.03. The third kappa shape index (κ3) is 2.62. The highest BCUT2D eigenvalue weighted by molar-refractivity contribution is 7.15. The number of carbonyl (C=O) groups is 1. The fraction of sp³-hybridized carbons (Fsp3) is 0.250. The summed E-state index contributed by atoms with van der Waals surface area (Å²) >= 11 is 1.11. The van der Waals surface area contributed by atoms with Crippen LogP contribution in [0.1, 0.15) is 17.5 Å². The van der Waals surface area contributed by atoms with E-state index in [-0.39, 0.29) is 0 Å². The minimum Gasteiger partial charge on any atom is -0.493 e. The summed E-state index contributed by atoms with van der Waals surface area (Å²) in [5, 5.41) is 10.8. The molecular weight excluding hydrogens is 344 g/mol. The molecule has 2 heterocycles. The van der Waals surface area contributed by atoms with E-state index in [1.54, 1.807) is 19.1 Å². The lowest BCUT2D eigenvalue weighted by Gasteiger charge is -2.24. The van der Waals surface area contributed by atoms with Gasteiger partial charge in [-0.15, -0.1) is 11.3 Å². The Balaban J connectivity index is 2.34. The lowest BCUT2D eigenvalue weighted by molar-refractivity contribution is -0.141. The number of ether oxygens (including phenoxy) is 2. The summed E-state index contributed by atoms with van der Waals surface area (Å²) < 4.78 is 10.6. The minimum absolute atomic E-state index is 0.292. The van der Waals surface area contributed by atoms with E-state index in [1.807, 2.05) is 0 Å². The van der Waals surface area contributed by atoms with Crippen molar-refractivity contribution >= 4 is 33.3 Å². The minimum atomic E-state index is -1.43. The third-order valence-electron chi connectivity index (χ3n) is 4.06. The molecule has 0 bridgehead atoms. The smallest absolute Gasteiger partial charge is 0.320 e. The second-order valence-corrected chi connectivity index (χ2v) is 6.50. The zero-order chi connectivity index (χ0) is 18.2. The molecule has 1 unspecified atom stereocenters. The number of methoxy groups -OCH3 is 2. The van der Waals surface area contributed by atoms with Crippen LogP contribution in [-0.4, -0.2) is 40.2 Å². The Morgan fingerprint density at radius 1 is 1.20 bits per heavy atom. The van der Waals surface area contributed by atoms with Gasteiger partial charge in [0.2, 0.25) is 0 Å². The van der Waals surface area contributed by atoms with Crippen LogP contribution in [0.15, 0.2) is 24.7 Å². The second-order valence-electron chi connectivity index (χ2n) is 5.44. The number of hydrogen-bond acceptors (Lipinski definition) is 8. The molecule has 0 aliphatic heterocycles. The SMILES string of the molecule is COc1cc2ncnc(C(C)(C(=O)O)c3cnc(N)s3)c2cc1OC. The van der Waals surface area contributed by atoms with Crippen molar-refractivity contribution in [1.82, 2.24) is 15.0 Å². The molecule has 0 spiro atoms. The molecule has 3 rings (SSSR count). The van der Waals surface area contributed by atoms with E-state index in [9.17, 15) is 9.90 Å². The molecule has 9 heteroatoms. The number of fused-ring (bicyclic) bond motifs is 1. The van der Waals surface area contributed by atoms with Gasteiger partial charge < -0.3 is 20.3 Å². The molecule has 25 heavy (non-hydrogen) atoms. The molecule has 8 nitrogen and oxygen atoms in total. The molecule has 1 atom stereocenters. The van der Waals surface area contributed by atoms with Gasteiger partial charge in [-0.25, -0.2) is 15.0 Å². The van der Waals surface area contributed by atoms with Crippen LogP contribution in [-0.2, 0) is 10.2 Å². The number of thiazole rings is 1. The van der Waals surface area contributed by atoms with Crippen LogP contribution in [0.5, 0.6) is 11.5 Å². The summed E-state index contributed by atoms with van der Waals surface area (Å²) in [6, 6.07) is 3.36. The van der Waals surface area contributed by atoms with Gasteiger partial charge in [-0.2, -0.15) is 0 Å². The number of nitrogens with zero attached hydrogens (tertiary/aromatic N) is 3. The molecule has 130 valence electrons. The van der Waals surface area contributed by atoms with Crippen molar-refractivity contribution in [3.8, 4) is 11.5 Å². The normalized spacial score (nSPS) is 13.4. The molecular formula is C16H16N4O4S. The first-order valence-electron chi connectivity index (χ1n) is 7.24. The topological polar surface area (TPSA) is 120 Å². The number of hydrogen-bond donors (Lipinski definition) is 2. The van der Waals surface area contributed by atoms with Crippen molar-refractivity contribution in [3.63, 3.8) is 0 Å². The highest BCUT2D eigenvalue weighted by Crippen LogP contribution is 2.40. The predicted molar refractivity (Wildman–Crippen MR) is 93.3 cm³/mol. The van der Waals surface area contributed by atoms with E-state index >= 15 is 0 Å². The van der Waals surface area contributed by atoms with E-state index in [4.69, 9.17) is 15.2 Å². The molecule has 0 aliphatic rings. The monoisotopic (exact) mass is 360 g/mol. The van der Waals surface area contributed by atoms with Crippen molar-refractivity contribution in [1.29, 1.82) is 0 Å². The maximum absolute atomic E-state index is 12.2. The Labute approximate surface area is 147 Å². The number of aliphatic carboxylic acids is 1. The van der Waals surface area contributed by atoms with Crippen molar-refractivity contribution in [2.75, 3.05) is 20.0 Å². The van der Waals surface area contributed by atoms with E-state index in [0.29, 0.717) is 38.1 Å². The van der Waals surface area contributed by atoms with Gasteiger partial charge in [-0.3, -0.25) is 4.79 Å². The second kappa shape index (κ2) is 6.17. The maximum Gasteiger partial charge on any atom is 0.320 e. The van der Waals surface area contributed by atoms with Gasteiger partial charge in [-0.05, 0) is 13.0 Å². The zero-order valence-electron chi connectivity index (χ0n) is 13.8. The van der Waals surface area contributed by atoms with Crippen LogP contribution in [0.3, 0.4) is 0 Å². The molecule has 0 radical (unpaired) electrons. The Hall–Kier alpha value is -2.94. The van der Waals surface area contributed by atoms with Gasteiger partial charge in [0, 0.05) is 22.5 Å². The van der Waals surface area contributed by atoms with Crippen LogP contribution < -0.4 is 15.2 Å². The van der Waals surface area contributed by atoms with Crippen LogP contribution in [0.4, 0.5) is 5.13 Å². The van der Waals surface area contributed by atoms with Crippen molar-refractivity contribution in [3.05, 3.63) is 35.2 Å². The average molecular weight is 360 g/mol. The predicted octanol–water partition coefficient (Wildman–Crippen LogP) is 2.08. The number of carboxylic acids is 1. The zero-order valence-corrected chi connectivity index (χ0v) is 14.6. The third-order valence-corrected chi connectivity index (χ3v) is 5.11. The van der Waals surface area contributed by atoms with Gasteiger partial charge >= 0.3 is 5.97 Å². The van der Waals surface area contributed by atoms with Crippen molar-refractivity contribution in [2.45, 2.75) is 12.3 Å². The summed E-state index contributed by atoms with van der Waals surface area (Å²) in [5.74, 6) is -0.104. The average Bonchev–Trinajstić information content (AvgIpc) is 3.05. The maximum atomic E-state index is 12.2. The first-order chi connectivity index (χ1) is 11.9. The van der Waals surface area contributed by atoms with Gasteiger partial charge in [0.1, 0.15) is 11.7 Å². The quantitative estimate of drug-likeness (QED) is 0.709. The Kier molecular flexibility index (Phi) is 4.17. The number of rotatable bonds is 5. The van der Waals surface area contributed by atoms with Gasteiger partial charge in [0.15, 0.2) is 16.6 Å². The highest BCUT2D eigenvalue weighted by Gasteiger charge is 2.42. The van der Waals surface area contributed by atoms with E-state index in [1.165, 1.54) is 26.7 Å². The number of nitrogens with two attached hydrogens (primary N) is 1. The van der Waals surface area contributed by atoms with Gasteiger partial charge in [0.05, 0.1) is 25.4 Å². The molecule has 3 aromatic rings. The summed E-state index contributed by atoms with van der Waals surface area (Å²) in [4.78, 5) is 25.1. The van der Waals surface area contributed by atoms with Crippen LogP contribution in [0.2, 0.25) is 0 Å². The fourth-order valence-corrected chi connectivity index (χ4v) is 3.45. The highest BCUT2D eigenvalue weighted by atomic mass is 32.1. The molecule has 0 saturated heterocycles. The Bertz CT molecular complexity index is 958. The van der Waals surface area contributed by atoms with Crippen molar-refractivity contribution < 1.29 is 19.4 Å². The standard InChI is InChI=1S/C16H16N4O4S/c1-16(14(21)22,12-6-18-15(17)25-12)13-8-4-10(23-2)11(24-3)5-9(8)19-7-20-13/h4-7H,1-3H3,(H2,17,18)(H,21,22). The molecule has 0 saturated carbocycles. The summed E-state index contributed by atoms with van der Waals surface area (Å²) in [6.07, 6.45) is 2.79. The number of anilines is 1. The van der Waals surface area contributed by atoms with Crippen molar-refractivity contribution in [2.24, 2.45) is 0 Å². The van der Waals surface area contributed by atoms with Crippen LogP contribution in [0.25, 0.3) is 10.9 Å². The van der Waals surface area contributed by atoms with E-state index < -0.39 is 11.4 Å². The van der Waals surface area contributed by atoms with E-state index in [0.717, 1.165) is 11.3 Å². The van der Waals surface area contributed by atoms with Crippen LogP contribution >= 0.6 is 11.3 Å². The fourth-order valence-electron chi connectivity index (χ4n) is 2.62. The van der Waals surface area contributed by atoms with Gasteiger partial charge in [-0.1, -0.05) is 0 Å². The number of benzene rings is 1. The van der Waals surface area contributed by atoms with Gasteiger partial charge in [0.25, 0.3) is 0 Å². The lowest BCUT2D eigenvalue weighted by atomic mass is 9.83. The summed E-state index contributed by atoms with van der Waals surface area (Å²) in [6.45, 7) is 1.57. The van der Waals surface area contributed by atoms with E-state index in [2.05, 4.69) is 15.0 Å². The summed E-state index contributed by atoms with van der Waals surface area (Å²) in [5.41, 5.74) is 5.14. The number of carboxylic acid groups (broad SMARTS) is 1. The molecule has 0 aliphatic carbocycles. The first-order valence-corrected chi connectivity index (χ1v) is 8.05. The molecule has 1 aromatic carbocycles.